The van der Waals surface area contributed by atoms with Crippen LogP contribution in [0.3, 0.4) is 0 Å². The van der Waals surface area contributed by atoms with Crippen LogP contribution in [0.25, 0.3) is 11.3 Å². The molecular formula is C19H24N2O3S. The lowest BCUT2D eigenvalue weighted by molar-refractivity contribution is -0.116. The number of nitrogens with one attached hydrogen (secondary N) is 1. The standard InChI is InChI=1S/C19H24N2O3S/c1-5-7-16(22)21-18-20-14(11-25-18)12-8-13-10-19(3,4)24-17(13)15(9-12)23-6-2/h8-9,11H,5-7,10H2,1-4H3,(H,20,21,22). The Morgan fingerprint density at radius 1 is 1.40 bits per heavy atom. The van der Waals surface area contributed by atoms with E-state index in [9.17, 15) is 4.79 Å². The fourth-order valence-electron chi connectivity index (χ4n) is 2.96. The van der Waals surface area contributed by atoms with Crippen molar-refractivity contribution < 1.29 is 14.3 Å². The second-order valence-electron chi connectivity index (χ2n) is 6.77. The zero-order valence-electron chi connectivity index (χ0n) is 15.1. The maximum absolute atomic E-state index is 11.7. The number of thiazole rings is 1. The molecule has 1 aromatic heterocycles. The first-order valence-electron chi connectivity index (χ1n) is 8.66. The monoisotopic (exact) mass is 360 g/mol. The van der Waals surface area contributed by atoms with Crippen LogP contribution < -0.4 is 14.8 Å². The lowest BCUT2D eigenvalue weighted by Crippen LogP contribution is -2.24. The third-order valence-corrected chi connectivity index (χ3v) is 4.71. The minimum absolute atomic E-state index is 0.00232. The van der Waals surface area contributed by atoms with E-state index >= 15 is 0 Å². The van der Waals surface area contributed by atoms with Gasteiger partial charge in [0.15, 0.2) is 16.6 Å². The summed E-state index contributed by atoms with van der Waals surface area (Å²) in [6, 6.07) is 4.08. The molecular weight excluding hydrogens is 336 g/mol. The molecule has 0 aliphatic carbocycles. The largest absolute Gasteiger partial charge is 0.490 e. The summed E-state index contributed by atoms with van der Waals surface area (Å²) in [5, 5.41) is 5.44. The highest BCUT2D eigenvalue weighted by Crippen LogP contribution is 2.44. The molecule has 0 saturated heterocycles. The Labute approximate surface area is 152 Å². The van der Waals surface area contributed by atoms with Gasteiger partial charge >= 0.3 is 0 Å². The SMILES string of the molecule is CCCC(=O)Nc1nc(-c2cc3c(c(OCC)c2)OC(C)(C)C3)cs1. The quantitative estimate of drug-likeness (QED) is 0.814. The average molecular weight is 360 g/mol. The predicted octanol–water partition coefficient (Wildman–Crippen LogP) is 4.66. The molecule has 2 aromatic rings. The molecule has 0 unspecified atom stereocenters. The molecule has 134 valence electrons. The Morgan fingerprint density at radius 3 is 2.92 bits per heavy atom. The Hall–Kier alpha value is -2.08. The molecule has 1 aromatic carbocycles. The molecule has 6 heteroatoms. The van der Waals surface area contributed by atoms with Crippen molar-refractivity contribution in [3.63, 3.8) is 0 Å². The van der Waals surface area contributed by atoms with Crippen LogP contribution in [-0.4, -0.2) is 23.1 Å². The maximum atomic E-state index is 11.7. The number of rotatable bonds is 6. The van der Waals surface area contributed by atoms with Crippen LogP contribution in [-0.2, 0) is 11.2 Å². The second kappa shape index (κ2) is 7.04. The third kappa shape index (κ3) is 3.95. The van der Waals surface area contributed by atoms with E-state index in [4.69, 9.17) is 9.47 Å². The van der Waals surface area contributed by atoms with E-state index in [1.807, 2.05) is 25.3 Å². The Morgan fingerprint density at radius 2 is 2.20 bits per heavy atom. The number of benzene rings is 1. The van der Waals surface area contributed by atoms with E-state index < -0.39 is 0 Å². The fourth-order valence-corrected chi connectivity index (χ4v) is 3.70. The van der Waals surface area contributed by atoms with Crippen LogP contribution in [0.4, 0.5) is 5.13 Å². The van der Waals surface area contributed by atoms with Gasteiger partial charge in [-0.25, -0.2) is 4.98 Å². The van der Waals surface area contributed by atoms with Gasteiger partial charge in [0.1, 0.15) is 5.60 Å². The predicted molar refractivity (Wildman–Crippen MR) is 101 cm³/mol. The average Bonchev–Trinajstić information content (AvgIpc) is 3.10. The zero-order chi connectivity index (χ0) is 18.0. The van der Waals surface area contributed by atoms with Crippen molar-refractivity contribution in [1.29, 1.82) is 0 Å². The molecule has 1 aliphatic rings. The molecule has 0 spiro atoms. The van der Waals surface area contributed by atoms with Gasteiger partial charge in [0.05, 0.1) is 12.3 Å². The normalized spacial score (nSPS) is 14.7. The number of amides is 1. The first-order valence-corrected chi connectivity index (χ1v) is 9.54. The van der Waals surface area contributed by atoms with Crippen LogP contribution in [0, 0.1) is 0 Å². The second-order valence-corrected chi connectivity index (χ2v) is 7.63. The van der Waals surface area contributed by atoms with Crippen LogP contribution in [0.5, 0.6) is 11.5 Å². The number of hydrogen-bond acceptors (Lipinski definition) is 5. The van der Waals surface area contributed by atoms with Crippen LogP contribution >= 0.6 is 11.3 Å². The lowest BCUT2D eigenvalue weighted by atomic mass is 9.99. The highest BCUT2D eigenvalue weighted by Gasteiger charge is 2.33. The number of fused-ring (bicyclic) bond motifs is 1. The van der Waals surface area contributed by atoms with Crippen molar-refractivity contribution in [2.45, 2.75) is 52.6 Å². The smallest absolute Gasteiger partial charge is 0.226 e. The van der Waals surface area contributed by atoms with Crippen molar-refractivity contribution in [2.24, 2.45) is 0 Å². The van der Waals surface area contributed by atoms with Crippen molar-refractivity contribution in [2.75, 3.05) is 11.9 Å². The Balaban J connectivity index is 1.90. The van der Waals surface area contributed by atoms with Gasteiger partial charge in [-0.15, -0.1) is 11.3 Å². The van der Waals surface area contributed by atoms with Gasteiger partial charge in [-0.05, 0) is 39.3 Å². The van der Waals surface area contributed by atoms with Gasteiger partial charge in [-0.1, -0.05) is 6.92 Å². The summed E-state index contributed by atoms with van der Waals surface area (Å²) in [5.41, 5.74) is 2.73. The Kier molecular flexibility index (Phi) is 4.99. The highest BCUT2D eigenvalue weighted by molar-refractivity contribution is 7.14. The van der Waals surface area contributed by atoms with E-state index in [-0.39, 0.29) is 11.5 Å². The summed E-state index contributed by atoms with van der Waals surface area (Å²) in [6.07, 6.45) is 2.16. The van der Waals surface area contributed by atoms with E-state index in [1.165, 1.54) is 11.3 Å². The van der Waals surface area contributed by atoms with Crippen molar-refractivity contribution in [1.82, 2.24) is 4.98 Å². The van der Waals surface area contributed by atoms with Gasteiger partial charge < -0.3 is 14.8 Å². The van der Waals surface area contributed by atoms with Gasteiger partial charge in [0.2, 0.25) is 5.91 Å². The summed E-state index contributed by atoms with van der Waals surface area (Å²) >= 11 is 1.44. The molecule has 0 bridgehead atoms. The van der Waals surface area contributed by atoms with Gasteiger partial charge in [-0.2, -0.15) is 0 Å². The molecule has 1 N–H and O–H groups in total. The molecule has 5 nitrogen and oxygen atoms in total. The molecule has 2 heterocycles. The van der Waals surface area contributed by atoms with E-state index in [0.29, 0.717) is 18.2 Å². The Bertz CT molecular complexity index is 783. The van der Waals surface area contributed by atoms with Gasteiger partial charge in [-0.3, -0.25) is 4.79 Å². The molecule has 1 amide bonds. The number of carbonyl (C=O) groups is 1. The van der Waals surface area contributed by atoms with Crippen LogP contribution in [0.1, 0.15) is 46.1 Å². The van der Waals surface area contributed by atoms with Crippen molar-refractivity contribution in [3.8, 4) is 22.8 Å². The van der Waals surface area contributed by atoms with Crippen molar-refractivity contribution in [3.05, 3.63) is 23.1 Å². The van der Waals surface area contributed by atoms with E-state index in [2.05, 4.69) is 30.2 Å². The van der Waals surface area contributed by atoms with Crippen molar-refractivity contribution >= 4 is 22.4 Å². The molecule has 0 fully saturated rings. The maximum Gasteiger partial charge on any atom is 0.226 e. The van der Waals surface area contributed by atoms with Gasteiger partial charge in [0.25, 0.3) is 0 Å². The summed E-state index contributed by atoms with van der Waals surface area (Å²) in [5.74, 6) is 1.59. The lowest BCUT2D eigenvalue weighted by Gasteiger charge is -2.18. The molecule has 0 saturated carbocycles. The molecule has 0 radical (unpaired) electrons. The molecule has 25 heavy (non-hydrogen) atoms. The first-order chi connectivity index (χ1) is 11.9. The zero-order valence-corrected chi connectivity index (χ0v) is 16.0. The molecule has 3 rings (SSSR count). The minimum Gasteiger partial charge on any atom is -0.490 e. The number of aromatic nitrogens is 1. The number of nitrogens with zero attached hydrogens (tertiary/aromatic N) is 1. The molecule has 1 aliphatic heterocycles. The van der Waals surface area contributed by atoms with Gasteiger partial charge in [0, 0.05) is 29.3 Å². The van der Waals surface area contributed by atoms with E-state index in [0.717, 1.165) is 41.2 Å². The minimum atomic E-state index is -0.228. The van der Waals surface area contributed by atoms with Crippen LogP contribution in [0.15, 0.2) is 17.5 Å². The van der Waals surface area contributed by atoms with Crippen LogP contribution in [0.2, 0.25) is 0 Å². The third-order valence-electron chi connectivity index (χ3n) is 3.95. The number of anilines is 1. The summed E-state index contributed by atoms with van der Waals surface area (Å²) in [4.78, 5) is 16.3. The fraction of sp³-hybridized carbons (Fsp3) is 0.474. The number of carbonyl (C=O) groups excluding carboxylic acids is 1. The summed E-state index contributed by atoms with van der Waals surface area (Å²) in [7, 11) is 0. The van der Waals surface area contributed by atoms with E-state index in [1.54, 1.807) is 0 Å². The number of ether oxygens (including phenoxy) is 2. The summed E-state index contributed by atoms with van der Waals surface area (Å²) in [6.45, 7) is 8.67. The first kappa shape index (κ1) is 17.7. The topological polar surface area (TPSA) is 60.5 Å². The highest BCUT2D eigenvalue weighted by atomic mass is 32.1. The molecule has 0 atom stereocenters. The summed E-state index contributed by atoms with van der Waals surface area (Å²) < 4.78 is 11.8. The number of hydrogen-bond donors (Lipinski definition) is 1.